The van der Waals surface area contributed by atoms with E-state index in [9.17, 15) is 0 Å². The molecule has 0 aromatic carbocycles. The Labute approximate surface area is 94.4 Å². The van der Waals surface area contributed by atoms with Gasteiger partial charge in [-0.25, -0.2) is 0 Å². The van der Waals surface area contributed by atoms with Crippen LogP contribution >= 0.6 is 0 Å². The fraction of sp³-hybridized carbons (Fsp3) is 1.00. The van der Waals surface area contributed by atoms with Gasteiger partial charge in [0.2, 0.25) is 0 Å². The van der Waals surface area contributed by atoms with Crippen LogP contribution < -0.4 is 5.32 Å². The van der Waals surface area contributed by atoms with Crippen LogP contribution in [0.5, 0.6) is 0 Å². The van der Waals surface area contributed by atoms with Crippen molar-refractivity contribution < 1.29 is 0 Å². The van der Waals surface area contributed by atoms with Gasteiger partial charge in [0.25, 0.3) is 0 Å². The van der Waals surface area contributed by atoms with E-state index in [1.54, 1.807) is 0 Å². The molecule has 1 unspecified atom stereocenters. The van der Waals surface area contributed by atoms with Gasteiger partial charge in [-0.1, -0.05) is 13.3 Å². The van der Waals surface area contributed by atoms with E-state index < -0.39 is 0 Å². The first-order valence-electron chi connectivity index (χ1n) is 6.77. The second-order valence-electron chi connectivity index (χ2n) is 5.43. The smallest absolute Gasteiger partial charge is 0.0167 e. The van der Waals surface area contributed by atoms with Crippen LogP contribution in [0, 0.1) is 5.92 Å². The second-order valence-corrected chi connectivity index (χ2v) is 5.43. The molecule has 1 saturated carbocycles. The highest BCUT2D eigenvalue weighted by Gasteiger charge is 2.27. The molecule has 15 heavy (non-hydrogen) atoms. The Morgan fingerprint density at radius 3 is 2.53 bits per heavy atom. The Morgan fingerprint density at radius 1 is 1.20 bits per heavy atom. The molecule has 2 heteroatoms. The molecule has 2 fully saturated rings. The van der Waals surface area contributed by atoms with Crippen molar-refractivity contribution in [3.8, 4) is 0 Å². The maximum Gasteiger partial charge on any atom is 0.0167 e. The number of rotatable bonds is 2. The predicted molar refractivity (Wildman–Crippen MR) is 65.1 cm³/mol. The van der Waals surface area contributed by atoms with Gasteiger partial charge in [0.15, 0.2) is 0 Å². The molecule has 1 heterocycles. The van der Waals surface area contributed by atoms with Crippen LogP contribution in [0.2, 0.25) is 0 Å². The van der Waals surface area contributed by atoms with E-state index in [-0.39, 0.29) is 0 Å². The SMILES string of the molecule is CCC1CCC(N2CCNC(C)C2)CC1. The van der Waals surface area contributed by atoms with E-state index in [1.165, 1.54) is 51.7 Å². The molecule has 1 aliphatic carbocycles. The third-order valence-electron chi connectivity index (χ3n) is 4.31. The van der Waals surface area contributed by atoms with Crippen molar-refractivity contribution in [3.63, 3.8) is 0 Å². The van der Waals surface area contributed by atoms with Gasteiger partial charge in [0.05, 0.1) is 0 Å². The van der Waals surface area contributed by atoms with E-state index in [0.29, 0.717) is 6.04 Å². The summed E-state index contributed by atoms with van der Waals surface area (Å²) in [5.74, 6) is 1.03. The second kappa shape index (κ2) is 5.31. The first kappa shape index (κ1) is 11.4. The predicted octanol–water partition coefficient (Wildman–Crippen LogP) is 2.25. The van der Waals surface area contributed by atoms with Crippen LogP contribution in [-0.4, -0.2) is 36.6 Å². The molecule has 2 nitrogen and oxygen atoms in total. The Morgan fingerprint density at radius 2 is 1.93 bits per heavy atom. The van der Waals surface area contributed by atoms with Gasteiger partial charge in [-0.15, -0.1) is 0 Å². The summed E-state index contributed by atoms with van der Waals surface area (Å²) >= 11 is 0. The summed E-state index contributed by atoms with van der Waals surface area (Å²) in [4.78, 5) is 2.73. The van der Waals surface area contributed by atoms with Crippen LogP contribution in [0.4, 0.5) is 0 Å². The molecule has 0 spiro atoms. The molecular weight excluding hydrogens is 184 g/mol. The molecule has 1 saturated heterocycles. The Hall–Kier alpha value is -0.0800. The molecule has 0 aromatic heterocycles. The van der Waals surface area contributed by atoms with Crippen molar-refractivity contribution in [2.75, 3.05) is 19.6 Å². The highest BCUT2D eigenvalue weighted by Crippen LogP contribution is 2.29. The summed E-state index contributed by atoms with van der Waals surface area (Å²) in [6, 6.07) is 1.60. The van der Waals surface area contributed by atoms with E-state index >= 15 is 0 Å². The highest BCUT2D eigenvalue weighted by molar-refractivity contribution is 4.84. The first-order valence-corrected chi connectivity index (χ1v) is 6.77. The highest BCUT2D eigenvalue weighted by atomic mass is 15.2. The van der Waals surface area contributed by atoms with Crippen molar-refractivity contribution in [3.05, 3.63) is 0 Å². The number of nitrogens with one attached hydrogen (secondary N) is 1. The minimum Gasteiger partial charge on any atom is -0.312 e. The largest absolute Gasteiger partial charge is 0.312 e. The van der Waals surface area contributed by atoms with E-state index in [4.69, 9.17) is 0 Å². The maximum absolute atomic E-state index is 3.53. The van der Waals surface area contributed by atoms with Crippen molar-refractivity contribution in [2.45, 2.75) is 58.0 Å². The number of hydrogen-bond acceptors (Lipinski definition) is 2. The Balaban J connectivity index is 1.79. The Bertz CT molecular complexity index is 185. The maximum atomic E-state index is 3.53. The normalized spacial score (nSPS) is 39.2. The zero-order chi connectivity index (χ0) is 10.7. The van der Waals surface area contributed by atoms with Crippen molar-refractivity contribution in [1.82, 2.24) is 10.2 Å². The van der Waals surface area contributed by atoms with Crippen LogP contribution in [0.25, 0.3) is 0 Å². The van der Waals surface area contributed by atoms with Crippen LogP contribution in [0.3, 0.4) is 0 Å². The molecule has 1 N–H and O–H groups in total. The van der Waals surface area contributed by atoms with Gasteiger partial charge in [-0.3, -0.25) is 4.90 Å². The lowest BCUT2D eigenvalue weighted by Crippen LogP contribution is -2.53. The molecule has 88 valence electrons. The van der Waals surface area contributed by atoms with Gasteiger partial charge in [-0.05, 0) is 38.5 Å². The van der Waals surface area contributed by atoms with Crippen LogP contribution in [0.1, 0.15) is 46.0 Å². The van der Waals surface area contributed by atoms with E-state index in [0.717, 1.165) is 12.0 Å². The third kappa shape index (κ3) is 2.94. The van der Waals surface area contributed by atoms with Crippen molar-refractivity contribution >= 4 is 0 Å². The van der Waals surface area contributed by atoms with Gasteiger partial charge in [0.1, 0.15) is 0 Å². The average Bonchev–Trinajstić information content (AvgIpc) is 2.29. The lowest BCUT2D eigenvalue weighted by atomic mass is 9.83. The lowest BCUT2D eigenvalue weighted by molar-refractivity contribution is 0.105. The van der Waals surface area contributed by atoms with Crippen LogP contribution in [-0.2, 0) is 0 Å². The van der Waals surface area contributed by atoms with Gasteiger partial charge < -0.3 is 5.32 Å². The molecule has 0 amide bonds. The van der Waals surface area contributed by atoms with Gasteiger partial charge >= 0.3 is 0 Å². The summed E-state index contributed by atoms with van der Waals surface area (Å²) in [6.07, 6.45) is 7.24. The molecular formula is C13H26N2. The summed E-state index contributed by atoms with van der Waals surface area (Å²) in [5.41, 5.74) is 0. The quantitative estimate of drug-likeness (QED) is 0.752. The van der Waals surface area contributed by atoms with E-state index in [2.05, 4.69) is 24.1 Å². The van der Waals surface area contributed by atoms with Gasteiger partial charge in [-0.2, -0.15) is 0 Å². The van der Waals surface area contributed by atoms with Crippen molar-refractivity contribution in [1.29, 1.82) is 0 Å². The topological polar surface area (TPSA) is 15.3 Å². The molecule has 0 aromatic rings. The molecule has 2 aliphatic rings. The molecule has 0 radical (unpaired) electrons. The summed E-state index contributed by atoms with van der Waals surface area (Å²) in [5, 5.41) is 3.53. The summed E-state index contributed by atoms with van der Waals surface area (Å²) in [6.45, 7) is 8.38. The minimum absolute atomic E-state index is 0.697. The van der Waals surface area contributed by atoms with Crippen molar-refractivity contribution in [2.24, 2.45) is 5.92 Å². The zero-order valence-corrected chi connectivity index (χ0v) is 10.3. The standard InChI is InChI=1S/C13H26N2/c1-3-12-4-6-13(7-5-12)15-9-8-14-11(2)10-15/h11-14H,3-10H2,1-2H3. The molecule has 0 bridgehead atoms. The first-order chi connectivity index (χ1) is 7.29. The third-order valence-corrected chi connectivity index (χ3v) is 4.31. The number of hydrogen-bond donors (Lipinski definition) is 1. The number of piperazine rings is 1. The lowest BCUT2D eigenvalue weighted by Gasteiger charge is -2.41. The summed E-state index contributed by atoms with van der Waals surface area (Å²) in [7, 11) is 0. The zero-order valence-electron chi connectivity index (χ0n) is 10.3. The van der Waals surface area contributed by atoms with E-state index in [1.807, 2.05) is 0 Å². The minimum atomic E-state index is 0.697. The number of nitrogens with zero attached hydrogens (tertiary/aromatic N) is 1. The van der Waals surface area contributed by atoms with Gasteiger partial charge in [0, 0.05) is 31.7 Å². The molecule has 1 atom stereocenters. The monoisotopic (exact) mass is 210 g/mol. The fourth-order valence-electron chi connectivity index (χ4n) is 3.21. The molecule has 1 aliphatic heterocycles. The fourth-order valence-corrected chi connectivity index (χ4v) is 3.21. The molecule has 2 rings (SSSR count). The van der Waals surface area contributed by atoms with Crippen LogP contribution in [0.15, 0.2) is 0 Å². The average molecular weight is 210 g/mol. The summed E-state index contributed by atoms with van der Waals surface area (Å²) < 4.78 is 0. The Kier molecular flexibility index (Phi) is 4.04.